The topological polar surface area (TPSA) is 38.2 Å². The molecular formula is C14H13Cl2N3O. The van der Waals surface area contributed by atoms with Crippen LogP contribution in [0.5, 0.6) is 5.75 Å². The van der Waals surface area contributed by atoms with Gasteiger partial charge < -0.3 is 9.64 Å². The Morgan fingerprint density at radius 2 is 2.15 bits per heavy atom. The van der Waals surface area contributed by atoms with E-state index in [-0.39, 0.29) is 6.10 Å². The highest BCUT2D eigenvalue weighted by atomic mass is 35.5. The number of anilines is 1. The second kappa shape index (κ2) is 5.85. The summed E-state index contributed by atoms with van der Waals surface area (Å²) in [5.41, 5.74) is 0. The van der Waals surface area contributed by atoms with E-state index in [9.17, 15) is 0 Å². The average molecular weight is 310 g/mol. The molecule has 0 amide bonds. The van der Waals surface area contributed by atoms with Gasteiger partial charge in [0, 0.05) is 18.0 Å². The van der Waals surface area contributed by atoms with Crippen molar-refractivity contribution in [1.82, 2.24) is 9.97 Å². The smallest absolute Gasteiger partial charge is 0.149 e. The number of ether oxygens (including phenoxy) is 1. The van der Waals surface area contributed by atoms with Gasteiger partial charge in [0.15, 0.2) is 0 Å². The van der Waals surface area contributed by atoms with Gasteiger partial charge in [0.1, 0.15) is 22.8 Å². The molecule has 4 nitrogen and oxygen atoms in total. The molecule has 0 N–H and O–H groups in total. The maximum absolute atomic E-state index is 5.95. The van der Waals surface area contributed by atoms with Gasteiger partial charge in [0.25, 0.3) is 0 Å². The minimum Gasteiger partial charge on any atom is -0.488 e. The highest BCUT2D eigenvalue weighted by Crippen LogP contribution is 2.24. The fraction of sp³-hybridized carbons (Fsp3) is 0.286. The molecule has 6 heteroatoms. The first-order valence-electron chi connectivity index (χ1n) is 6.35. The largest absolute Gasteiger partial charge is 0.488 e. The fourth-order valence-electron chi connectivity index (χ4n) is 2.25. The Morgan fingerprint density at radius 1 is 1.25 bits per heavy atom. The van der Waals surface area contributed by atoms with Crippen LogP contribution in [0.25, 0.3) is 0 Å². The monoisotopic (exact) mass is 309 g/mol. The molecule has 3 rings (SSSR count). The van der Waals surface area contributed by atoms with Crippen molar-refractivity contribution < 1.29 is 4.74 Å². The van der Waals surface area contributed by atoms with E-state index in [0.29, 0.717) is 10.2 Å². The number of halogens is 2. The lowest BCUT2D eigenvalue weighted by Gasteiger charge is -2.17. The zero-order chi connectivity index (χ0) is 13.9. The van der Waals surface area contributed by atoms with E-state index in [1.165, 1.54) is 6.20 Å². The summed E-state index contributed by atoms with van der Waals surface area (Å²) < 4.78 is 5.93. The average Bonchev–Trinajstić information content (AvgIpc) is 2.87. The zero-order valence-electron chi connectivity index (χ0n) is 10.7. The third-order valence-electron chi connectivity index (χ3n) is 3.16. The number of benzene rings is 1. The van der Waals surface area contributed by atoms with Crippen LogP contribution >= 0.6 is 23.2 Å². The molecule has 1 fully saturated rings. The van der Waals surface area contributed by atoms with Crippen LogP contribution in [0.1, 0.15) is 6.42 Å². The molecule has 20 heavy (non-hydrogen) atoms. The van der Waals surface area contributed by atoms with E-state index >= 15 is 0 Å². The minimum absolute atomic E-state index is 0.120. The summed E-state index contributed by atoms with van der Waals surface area (Å²) in [5.74, 6) is 1.58. The van der Waals surface area contributed by atoms with Gasteiger partial charge in [-0.2, -0.15) is 0 Å². The lowest BCUT2D eigenvalue weighted by atomic mass is 10.3. The van der Waals surface area contributed by atoms with E-state index in [4.69, 9.17) is 27.9 Å². The first-order chi connectivity index (χ1) is 9.70. The first-order valence-corrected chi connectivity index (χ1v) is 7.11. The molecule has 1 aliphatic rings. The molecule has 1 aromatic heterocycles. The summed E-state index contributed by atoms with van der Waals surface area (Å²) in [4.78, 5) is 10.4. The Balaban J connectivity index is 1.65. The molecular weight excluding hydrogens is 297 g/mol. The molecule has 0 saturated carbocycles. The number of rotatable bonds is 3. The number of aromatic nitrogens is 2. The number of hydrogen-bond donors (Lipinski definition) is 0. The Labute approximate surface area is 127 Å². The van der Waals surface area contributed by atoms with Gasteiger partial charge in [0.05, 0.1) is 18.9 Å². The third kappa shape index (κ3) is 3.14. The molecule has 0 radical (unpaired) electrons. The third-order valence-corrected chi connectivity index (χ3v) is 3.58. The molecule has 104 valence electrons. The van der Waals surface area contributed by atoms with Gasteiger partial charge in [-0.25, -0.2) is 4.98 Å². The normalized spacial score (nSPS) is 18.3. The molecule has 1 atom stereocenters. The summed E-state index contributed by atoms with van der Waals surface area (Å²) in [6.45, 7) is 1.64. The molecule has 2 heterocycles. The van der Waals surface area contributed by atoms with E-state index in [0.717, 1.165) is 31.1 Å². The van der Waals surface area contributed by atoms with Gasteiger partial charge in [-0.05, 0) is 18.2 Å². The first kappa shape index (κ1) is 13.5. The Hall–Kier alpha value is -1.52. The summed E-state index contributed by atoms with van der Waals surface area (Å²) >= 11 is 11.8. The molecule has 1 aromatic carbocycles. The summed E-state index contributed by atoms with van der Waals surface area (Å²) in [6.07, 6.45) is 4.30. The van der Waals surface area contributed by atoms with Crippen molar-refractivity contribution in [2.45, 2.75) is 12.5 Å². The van der Waals surface area contributed by atoms with Crippen LogP contribution in [0.3, 0.4) is 0 Å². The van der Waals surface area contributed by atoms with Crippen LogP contribution < -0.4 is 9.64 Å². The standard InChI is InChI=1S/C14H13Cl2N3O/c15-10-2-1-3-11(6-10)20-12-4-5-19(9-12)14-8-17-7-13(16)18-14/h1-3,6-8,12H,4-5,9H2. The fourth-order valence-corrected chi connectivity index (χ4v) is 2.57. The zero-order valence-corrected chi connectivity index (χ0v) is 12.2. The van der Waals surface area contributed by atoms with Crippen molar-refractivity contribution in [2.24, 2.45) is 0 Å². The molecule has 1 saturated heterocycles. The lowest BCUT2D eigenvalue weighted by Crippen LogP contribution is -2.25. The van der Waals surface area contributed by atoms with E-state index in [2.05, 4.69) is 14.9 Å². The molecule has 2 aromatic rings. The van der Waals surface area contributed by atoms with Gasteiger partial charge in [-0.3, -0.25) is 4.98 Å². The second-order valence-corrected chi connectivity index (χ2v) is 5.46. The Kier molecular flexibility index (Phi) is 3.94. The van der Waals surface area contributed by atoms with Crippen molar-refractivity contribution in [3.8, 4) is 5.75 Å². The van der Waals surface area contributed by atoms with E-state index in [1.54, 1.807) is 6.20 Å². The van der Waals surface area contributed by atoms with Crippen LogP contribution in [-0.4, -0.2) is 29.2 Å². The van der Waals surface area contributed by atoms with E-state index in [1.807, 2.05) is 24.3 Å². The molecule has 1 unspecified atom stereocenters. The molecule has 1 aliphatic heterocycles. The quantitative estimate of drug-likeness (QED) is 0.870. The van der Waals surface area contributed by atoms with Crippen LogP contribution in [0, 0.1) is 0 Å². The van der Waals surface area contributed by atoms with Crippen molar-refractivity contribution >= 4 is 29.0 Å². The van der Waals surface area contributed by atoms with Crippen LogP contribution in [0.15, 0.2) is 36.7 Å². The van der Waals surface area contributed by atoms with Gasteiger partial charge >= 0.3 is 0 Å². The van der Waals surface area contributed by atoms with Crippen LogP contribution in [-0.2, 0) is 0 Å². The molecule has 0 aliphatic carbocycles. The van der Waals surface area contributed by atoms with Crippen molar-refractivity contribution in [3.63, 3.8) is 0 Å². The molecule has 0 spiro atoms. The highest BCUT2D eigenvalue weighted by molar-refractivity contribution is 6.30. The van der Waals surface area contributed by atoms with Gasteiger partial charge in [-0.1, -0.05) is 29.3 Å². The predicted molar refractivity (Wildman–Crippen MR) is 79.7 cm³/mol. The Morgan fingerprint density at radius 3 is 2.95 bits per heavy atom. The van der Waals surface area contributed by atoms with Gasteiger partial charge in [0.2, 0.25) is 0 Å². The predicted octanol–water partition coefficient (Wildman–Crippen LogP) is 3.44. The number of hydrogen-bond acceptors (Lipinski definition) is 4. The van der Waals surface area contributed by atoms with Crippen molar-refractivity contribution in [3.05, 3.63) is 46.8 Å². The Bertz CT molecular complexity index is 608. The summed E-state index contributed by atoms with van der Waals surface area (Å²) in [6, 6.07) is 7.45. The van der Waals surface area contributed by atoms with Crippen LogP contribution in [0.4, 0.5) is 5.82 Å². The van der Waals surface area contributed by atoms with Gasteiger partial charge in [-0.15, -0.1) is 0 Å². The summed E-state index contributed by atoms with van der Waals surface area (Å²) in [5, 5.41) is 1.08. The van der Waals surface area contributed by atoms with E-state index < -0.39 is 0 Å². The summed E-state index contributed by atoms with van der Waals surface area (Å²) in [7, 11) is 0. The van der Waals surface area contributed by atoms with Crippen LogP contribution in [0.2, 0.25) is 10.2 Å². The SMILES string of the molecule is Clc1cccc(OC2CCN(c3cncc(Cl)n3)C2)c1. The minimum atomic E-state index is 0.120. The van der Waals surface area contributed by atoms with Crippen molar-refractivity contribution in [1.29, 1.82) is 0 Å². The lowest BCUT2D eigenvalue weighted by molar-refractivity contribution is 0.225. The molecule has 0 bridgehead atoms. The van der Waals surface area contributed by atoms with Crippen molar-refractivity contribution in [2.75, 3.05) is 18.0 Å². The maximum atomic E-state index is 5.95. The maximum Gasteiger partial charge on any atom is 0.149 e. The highest BCUT2D eigenvalue weighted by Gasteiger charge is 2.25. The second-order valence-electron chi connectivity index (χ2n) is 4.63. The number of nitrogens with zero attached hydrogens (tertiary/aromatic N) is 3.